The molecule has 0 N–H and O–H groups in total. The Morgan fingerprint density at radius 2 is 1.63 bits per heavy atom. The highest BCUT2D eigenvalue weighted by atomic mass is 19.4. The number of benzene rings is 2. The summed E-state index contributed by atoms with van der Waals surface area (Å²) in [5.74, 6) is 0.131. The summed E-state index contributed by atoms with van der Waals surface area (Å²) in [7, 11) is 2.95. The molecule has 0 radical (unpaired) electrons. The number of esters is 1. The van der Waals surface area contributed by atoms with Crippen LogP contribution in [0.2, 0.25) is 0 Å². The van der Waals surface area contributed by atoms with Crippen molar-refractivity contribution in [1.82, 2.24) is 4.90 Å². The van der Waals surface area contributed by atoms with Crippen LogP contribution in [0.15, 0.2) is 35.9 Å². The summed E-state index contributed by atoms with van der Waals surface area (Å²) in [4.78, 5) is 26.9. The molecule has 1 amide bonds. The molecule has 5 rings (SSSR count). The smallest absolute Gasteiger partial charge is 0.416 e. The van der Waals surface area contributed by atoms with Crippen LogP contribution in [-0.4, -0.2) is 43.8 Å². The molecule has 1 fully saturated rings. The Kier molecular flexibility index (Phi) is 8.89. The van der Waals surface area contributed by atoms with E-state index in [1.165, 1.54) is 12.0 Å². The van der Waals surface area contributed by atoms with E-state index in [1.807, 2.05) is 12.1 Å². The zero-order valence-corrected chi connectivity index (χ0v) is 26.3. The standard InChI is InChI=1S/C34H37F6NO5/c1-18-29(22-11-24(33(35,36)37)15-25(12-22)34(38,39)40)46-31(43)41(18)17-23-16-32(2,3)9-8-26(23)27-13-21-10-20(30(42)45-5)7-6-19(21)14-28(27)44-4/h11-15,18,20,29H,6-10,16-17H2,1-5H3/t18-,20?,29-/m0/s1. The SMILES string of the molecule is COC(=O)C1CCc2cc(OC)c(C3=C(CN4C(=O)O[C@H](c5cc(C(F)(F)F)cc(C(F)(F)F)c5)[C@@H]4C)CC(C)(C)CC3)cc2C1. The molecule has 250 valence electrons. The van der Waals surface area contributed by atoms with Crippen molar-refractivity contribution >= 4 is 17.6 Å². The topological polar surface area (TPSA) is 65.1 Å². The molecule has 3 atom stereocenters. The number of nitrogens with zero attached hydrogens (tertiary/aromatic N) is 1. The zero-order chi connectivity index (χ0) is 33.8. The number of cyclic esters (lactones) is 1. The van der Waals surface area contributed by atoms with Gasteiger partial charge >= 0.3 is 24.4 Å². The highest BCUT2D eigenvalue weighted by Crippen LogP contribution is 2.47. The number of rotatable bonds is 6. The molecular formula is C34H37F6NO5. The van der Waals surface area contributed by atoms with Gasteiger partial charge in [0.15, 0.2) is 0 Å². The molecular weight excluding hydrogens is 616 g/mol. The summed E-state index contributed by atoms with van der Waals surface area (Å²) in [5.41, 5.74) is 1.35. The number of hydrogen-bond acceptors (Lipinski definition) is 5. The van der Waals surface area contributed by atoms with Crippen LogP contribution < -0.4 is 4.74 Å². The Balaban J connectivity index is 1.52. The Labute approximate surface area is 263 Å². The molecule has 1 heterocycles. The van der Waals surface area contributed by atoms with Gasteiger partial charge in [-0.15, -0.1) is 0 Å². The van der Waals surface area contributed by atoms with Gasteiger partial charge < -0.3 is 14.2 Å². The largest absolute Gasteiger partial charge is 0.496 e. The minimum Gasteiger partial charge on any atom is -0.496 e. The van der Waals surface area contributed by atoms with Gasteiger partial charge in [0.1, 0.15) is 11.9 Å². The fourth-order valence-electron chi connectivity index (χ4n) is 6.96. The van der Waals surface area contributed by atoms with Gasteiger partial charge in [-0.3, -0.25) is 9.69 Å². The number of allylic oxidation sites excluding steroid dienone is 1. The molecule has 12 heteroatoms. The molecule has 1 unspecified atom stereocenters. The molecule has 0 saturated carbocycles. The summed E-state index contributed by atoms with van der Waals surface area (Å²) >= 11 is 0. The Morgan fingerprint density at radius 1 is 0.978 bits per heavy atom. The molecule has 3 aliphatic rings. The second-order valence-electron chi connectivity index (χ2n) is 13.2. The van der Waals surface area contributed by atoms with Crippen LogP contribution >= 0.6 is 0 Å². The van der Waals surface area contributed by atoms with Crippen LogP contribution in [0.3, 0.4) is 0 Å². The Morgan fingerprint density at radius 3 is 2.22 bits per heavy atom. The Bertz CT molecular complexity index is 1530. The average molecular weight is 654 g/mol. The zero-order valence-electron chi connectivity index (χ0n) is 26.3. The van der Waals surface area contributed by atoms with Gasteiger partial charge in [-0.05, 0) is 109 Å². The molecule has 1 aliphatic heterocycles. The highest BCUT2D eigenvalue weighted by molar-refractivity contribution is 5.78. The number of amides is 1. The molecule has 0 aromatic heterocycles. The maximum Gasteiger partial charge on any atom is 0.416 e. The fourth-order valence-corrected chi connectivity index (χ4v) is 6.96. The van der Waals surface area contributed by atoms with E-state index < -0.39 is 41.7 Å². The van der Waals surface area contributed by atoms with Gasteiger partial charge in [0.25, 0.3) is 0 Å². The second kappa shape index (κ2) is 12.2. The normalized spacial score (nSPS) is 23.2. The van der Waals surface area contributed by atoms with Crippen LogP contribution in [0, 0.1) is 11.3 Å². The van der Waals surface area contributed by atoms with Crippen LogP contribution in [0.25, 0.3) is 5.57 Å². The fraction of sp³-hybridized carbons (Fsp3) is 0.529. The van der Waals surface area contributed by atoms with E-state index in [9.17, 15) is 35.9 Å². The van der Waals surface area contributed by atoms with Crippen LogP contribution in [0.4, 0.5) is 31.1 Å². The van der Waals surface area contributed by atoms with Crippen molar-refractivity contribution in [3.8, 4) is 5.75 Å². The number of hydrogen-bond donors (Lipinski definition) is 0. The summed E-state index contributed by atoms with van der Waals surface area (Å²) in [6, 6.07) is 4.44. The predicted octanol–water partition coefficient (Wildman–Crippen LogP) is 8.56. The molecule has 46 heavy (non-hydrogen) atoms. The van der Waals surface area contributed by atoms with E-state index in [4.69, 9.17) is 14.2 Å². The third-order valence-electron chi connectivity index (χ3n) is 9.47. The lowest BCUT2D eigenvalue weighted by Gasteiger charge is -2.36. The lowest BCUT2D eigenvalue weighted by atomic mass is 9.72. The van der Waals surface area contributed by atoms with E-state index in [2.05, 4.69) is 13.8 Å². The number of methoxy groups -OCH3 is 2. The van der Waals surface area contributed by atoms with Crippen LogP contribution in [0.5, 0.6) is 5.75 Å². The highest BCUT2D eigenvalue weighted by Gasteiger charge is 2.44. The Hall–Kier alpha value is -3.70. The summed E-state index contributed by atoms with van der Waals surface area (Å²) in [6.45, 7) is 5.84. The lowest BCUT2D eigenvalue weighted by molar-refractivity contribution is -0.146. The summed E-state index contributed by atoms with van der Waals surface area (Å²) in [5, 5.41) is 0. The van der Waals surface area contributed by atoms with E-state index in [-0.39, 0.29) is 35.5 Å². The molecule has 2 aromatic carbocycles. The minimum absolute atomic E-state index is 0.0588. The van der Waals surface area contributed by atoms with Gasteiger partial charge in [0, 0.05) is 12.1 Å². The lowest BCUT2D eigenvalue weighted by Crippen LogP contribution is -2.35. The van der Waals surface area contributed by atoms with Crippen molar-refractivity contribution in [2.75, 3.05) is 20.8 Å². The first kappa shape index (κ1) is 33.7. The minimum atomic E-state index is -5.03. The predicted molar refractivity (Wildman–Crippen MR) is 157 cm³/mol. The van der Waals surface area contributed by atoms with Crippen molar-refractivity contribution in [2.45, 2.75) is 83.8 Å². The van der Waals surface area contributed by atoms with E-state index in [0.717, 1.165) is 34.3 Å². The third kappa shape index (κ3) is 6.71. The van der Waals surface area contributed by atoms with Crippen molar-refractivity contribution in [3.05, 3.63) is 69.3 Å². The first-order chi connectivity index (χ1) is 21.4. The van der Waals surface area contributed by atoms with Gasteiger partial charge in [-0.1, -0.05) is 13.8 Å². The number of fused-ring (bicyclic) bond motifs is 1. The molecule has 1 saturated heterocycles. The second-order valence-corrected chi connectivity index (χ2v) is 13.2. The maximum atomic E-state index is 13.6. The van der Waals surface area contributed by atoms with Gasteiger partial charge in [-0.25, -0.2) is 4.79 Å². The molecule has 0 spiro atoms. The summed E-state index contributed by atoms with van der Waals surface area (Å²) < 4.78 is 97.7. The number of ether oxygens (including phenoxy) is 3. The number of halogens is 6. The maximum absolute atomic E-state index is 13.6. The summed E-state index contributed by atoms with van der Waals surface area (Å²) in [6.07, 6.45) is -8.27. The first-order valence-corrected chi connectivity index (χ1v) is 15.2. The van der Waals surface area contributed by atoms with Gasteiger partial charge in [-0.2, -0.15) is 26.3 Å². The first-order valence-electron chi connectivity index (χ1n) is 15.2. The van der Waals surface area contributed by atoms with Crippen LogP contribution in [0.1, 0.15) is 85.9 Å². The molecule has 0 bridgehead atoms. The van der Waals surface area contributed by atoms with E-state index in [1.54, 1.807) is 14.0 Å². The average Bonchev–Trinajstić information content (AvgIpc) is 3.26. The quantitative estimate of drug-likeness (QED) is 0.231. The van der Waals surface area contributed by atoms with Crippen molar-refractivity contribution in [3.63, 3.8) is 0 Å². The molecule has 2 aliphatic carbocycles. The van der Waals surface area contributed by atoms with Crippen molar-refractivity contribution < 1.29 is 50.1 Å². The van der Waals surface area contributed by atoms with E-state index in [0.29, 0.717) is 50.0 Å². The van der Waals surface area contributed by atoms with E-state index >= 15 is 0 Å². The van der Waals surface area contributed by atoms with Gasteiger partial charge in [0.05, 0.1) is 37.3 Å². The number of aryl methyl sites for hydroxylation is 1. The van der Waals surface area contributed by atoms with Crippen LogP contribution in [-0.2, 0) is 39.5 Å². The number of carbonyl (C=O) groups excluding carboxylic acids is 2. The molecule has 2 aromatic rings. The third-order valence-corrected chi connectivity index (χ3v) is 9.47. The monoisotopic (exact) mass is 653 g/mol. The number of carbonyl (C=O) groups is 2. The molecule has 6 nitrogen and oxygen atoms in total. The number of alkyl halides is 6. The van der Waals surface area contributed by atoms with Gasteiger partial charge in [0.2, 0.25) is 0 Å². The van der Waals surface area contributed by atoms with Crippen molar-refractivity contribution in [1.29, 1.82) is 0 Å². The van der Waals surface area contributed by atoms with Crippen molar-refractivity contribution in [2.24, 2.45) is 11.3 Å².